The summed E-state index contributed by atoms with van der Waals surface area (Å²) < 4.78 is 10.5. The van der Waals surface area contributed by atoms with E-state index in [1.165, 1.54) is 0 Å². The average molecular weight is 355 g/mol. The first-order chi connectivity index (χ1) is 11.1. The third-order valence-electron chi connectivity index (χ3n) is 3.27. The Morgan fingerprint density at radius 1 is 0.870 bits per heavy atom. The van der Waals surface area contributed by atoms with Crippen LogP contribution >= 0.6 is 23.2 Å². The van der Waals surface area contributed by atoms with Gasteiger partial charge in [0.2, 0.25) is 0 Å². The summed E-state index contributed by atoms with van der Waals surface area (Å²) in [4.78, 5) is 0. The zero-order valence-electron chi connectivity index (χ0n) is 13.2. The lowest BCUT2D eigenvalue weighted by molar-refractivity contribution is 0.354. The molecule has 6 heteroatoms. The van der Waals surface area contributed by atoms with Gasteiger partial charge in [0.15, 0.2) is 11.5 Å². The van der Waals surface area contributed by atoms with E-state index in [9.17, 15) is 0 Å². The molecule has 0 saturated carbocycles. The van der Waals surface area contributed by atoms with Crippen LogP contribution in [-0.2, 0) is 6.54 Å². The van der Waals surface area contributed by atoms with Gasteiger partial charge in [-0.2, -0.15) is 0 Å². The fraction of sp³-hybridized carbons (Fsp3) is 0.294. The van der Waals surface area contributed by atoms with Crippen LogP contribution in [0.3, 0.4) is 0 Å². The quantitative estimate of drug-likeness (QED) is 0.696. The van der Waals surface area contributed by atoms with E-state index in [0.29, 0.717) is 10.0 Å². The molecule has 0 atom stereocenters. The van der Waals surface area contributed by atoms with Gasteiger partial charge in [-0.1, -0.05) is 29.3 Å². The van der Waals surface area contributed by atoms with Crippen molar-refractivity contribution in [3.05, 3.63) is 52.0 Å². The van der Waals surface area contributed by atoms with Crippen molar-refractivity contribution >= 4 is 28.9 Å². The summed E-state index contributed by atoms with van der Waals surface area (Å²) in [6.07, 6.45) is 0. The van der Waals surface area contributed by atoms with Crippen LogP contribution in [0.5, 0.6) is 11.5 Å². The van der Waals surface area contributed by atoms with Gasteiger partial charge in [0, 0.05) is 35.4 Å². The van der Waals surface area contributed by atoms with Gasteiger partial charge < -0.3 is 20.1 Å². The Kier molecular flexibility index (Phi) is 6.84. The van der Waals surface area contributed by atoms with Gasteiger partial charge in [-0.3, -0.25) is 0 Å². The minimum absolute atomic E-state index is 0.623. The van der Waals surface area contributed by atoms with Gasteiger partial charge in [-0.15, -0.1) is 0 Å². The predicted octanol–water partition coefficient (Wildman–Crippen LogP) is 4.21. The third kappa shape index (κ3) is 5.50. The molecule has 0 saturated heterocycles. The summed E-state index contributed by atoms with van der Waals surface area (Å²) in [6.45, 7) is 2.32. The molecule has 0 spiro atoms. The SMILES string of the molecule is COc1ccc(CNCCNc2cc(Cl)cc(Cl)c2)cc1OC. The van der Waals surface area contributed by atoms with E-state index in [-0.39, 0.29) is 0 Å². The second-order valence-electron chi connectivity index (χ2n) is 4.95. The smallest absolute Gasteiger partial charge is 0.161 e. The molecule has 2 rings (SSSR count). The fourth-order valence-corrected chi connectivity index (χ4v) is 2.70. The number of anilines is 1. The van der Waals surface area contributed by atoms with E-state index in [2.05, 4.69) is 10.6 Å². The van der Waals surface area contributed by atoms with Crippen molar-refractivity contribution in [2.24, 2.45) is 0 Å². The zero-order chi connectivity index (χ0) is 16.7. The van der Waals surface area contributed by atoms with E-state index in [1.54, 1.807) is 20.3 Å². The van der Waals surface area contributed by atoms with Crippen molar-refractivity contribution in [2.45, 2.75) is 6.54 Å². The number of methoxy groups -OCH3 is 2. The third-order valence-corrected chi connectivity index (χ3v) is 3.71. The topological polar surface area (TPSA) is 42.5 Å². The Bertz CT molecular complexity index is 630. The molecular weight excluding hydrogens is 335 g/mol. The predicted molar refractivity (Wildman–Crippen MR) is 96.2 cm³/mol. The maximum atomic E-state index is 5.96. The normalized spacial score (nSPS) is 10.4. The highest BCUT2D eigenvalue weighted by Crippen LogP contribution is 2.27. The van der Waals surface area contributed by atoms with Gasteiger partial charge in [0.05, 0.1) is 14.2 Å². The Morgan fingerprint density at radius 3 is 2.22 bits per heavy atom. The van der Waals surface area contributed by atoms with Gasteiger partial charge in [0.25, 0.3) is 0 Å². The number of ether oxygens (including phenoxy) is 2. The molecule has 0 unspecified atom stereocenters. The molecule has 2 N–H and O–H groups in total. The van der Waals surface area contributed by atoms with Crippen molar-refractivity contribution in [1.29, 1.82) is 0 Å². The second kappa shape index (κ2) is 8.87. The molecule has 2 aromatic rings. The summed E-state index contributed by atoms with van der Waals surface area (Å²) in [6, 6.07) is 11.3. The number of benzene rings is 2. The number of nitrogens with one attached hydrogen (secondary N) is 2. The van der Waals surface area contributed by atoms with Gasteiger partial charge in [-0.05, 0) is 35.9 Å². The molecule has 0 fully saturated rings. The lowest BCUT2D eigenvalue weighted by atomic mass is 10.2. The molecule has 0 amide bonds. The van der Waals surface area contributed by atoms with E-state index in [0.717, 1.165) is 42.4 Å². The summed E-state index contributed by atoms with van der Waals surface area (Å²) in [5.41, 5.74) is 2.05. The maximum absolute atomic E-state index is 5.96. The Labute approximate surface area is 146 Å². The van der Waals surface area contributed by atoms with Crippen LogP contribution in [0.1, 0.15) is 5.56 Å². The number of rotatable bonds is 8. The molecular formula is C17H20Cl2N2O2. The maximum Gasteiger partial charge on any atom is 0.161 e. The lowest BCUT2D eigenvalue weighted by Crippen LogP contribution is -2.21. The average Bonchev–Trinajstić information content (AvgIpc) is 2.53. The summed E-state index contributed by atoms with van der Waals surface area (Å²) in [5.74, 6) is 1.47. The van der Waals surface area contributed by atoms with Crippen molar-refractivity contribution in [3.8, 4) is 11.5 Å². The number of halogens is 2. The molecule has 124 valence electrons. The first-order valence-electron chi connectivity index (χ1n) is 7.24. The van der Waals surface area contributed by atoms with Gasteiger partial charge in [0.1, 0.15) is 0 Å². The molecule has 0 aliphatic carbocycles. The van der Waals surface area contributed by atoms with Crippen molar-refractivity contribution in [3.63, 3.8) is 0 Å². The Morgan fingerprint density at radius 2 is 1.57 bits per heavy atom. The van der Waals surface area contributed by atoms with Crippen molar-refractivity contribution in [2.75, 3.05) is 32.6 Å². The largest absolute Gasteiger partial charge is 0.493 e. The second-order valence-corrected chi connectivity index (χ2v) is 5.82. The molecule has 0 aromatic heterocycles. The first kappa shape index (κ1) is 17.7. The highest BCUT2D eigenvalue weighted by atomic mass is 35.5. The standard InChI is InChI=1S/C17H20Cl2N2O2/c1-22-16-4-3-12(7-17(16)23-2)11-20-5-6-21-15-9-13(18)8-14(19)10-15/h3-4,7-10,20-21H,5-6,11H2,1-2H3. The van der Waals surface area contributed by atoms with Crippen LogP contribution in [0, 0.1) is 0 Å². The first-order valence-corrected chi connectivity index (χ1v) is 7.99. The number of hydrogen-bond donors (Lipinski definition) is 2. The Balaban J connectivity index is 1.77. The molecule has 0 aliphatic rings. The fourth-order valence-electron chi connectivity index (χ4n) is 2.17. The van der Waals surface area contributed by atoms with Crippen LogP contribution < -0.4 is 20.1 Å². The summed E-state index contributed by atoms with van der Waals surface area (Å²) >= 11 is 11.9. The van der Waals surface area contributed by atoms with E-state index in [1.807, 2.05) is 30.3 Å². The zero-order valence-corrected chi connectivity index (χ0v) is 14.7. The Hall–Kier alpha value is -1.62. The molecule has 0 heterocycles. The summed E-state index contributed by atoms with van der Waals surface area (Å²) in [5, 5.41) is 7.89. The summed E-state index contributed by atoms with van der Waals surface area (Å²) in [7, 11) is 3.26. The van der Waals surface area contributed by atoms with Crippen LogP contribution in [0.4, 0.5) is 5.69 Å². The monoisotopic (exact) mass is 354 g/mol. The van der Waals surface area contributed by atoms with Crippen molar-refractivity contribution in [1.82, 2.24) is 5.32 Å². The van der Waals surface area contributed by atoms with Crippen LogP contribution in [0.25, 0.3) is 0 Å². The molecule has 0 radical (unpaired) electrons. The van der Waals surface area contributed by atoms with E-state index in [4.69, 9.17) is 32.7 Å². The van der Waals surface area contributed by atoms with E-state index < -0.39 is 0 Å². The molecule has 23 heavy (non-hydrogen) atoms. The molecule has 0 aliphatic heterocycles. The highest BCUT2D eigenvalue weighted by Gasteiger charge is 2.04. The van der Waals surface area contributed by atoms with Crippen LogP contribution in [0.15, 0.2) is 36.4 Å². The van der Waals surface area contributed by atoms with E-state index >= 15 is 0 Å². The van der Waals surface area contributed by atoms with Crippen LogP contribution in [0.2, 0.25) is 10.0 Å². The molecule has 2 aromatic carbocycles. The highest BCUT2D eigenvalue weighted by molar-refractivity contribution is 6.35. The van der Waals surface area contributed by atoms with Crippen LogP contribution in [-0.4, -0.2) is 27.3 Å². The minimum atomic E-state index is 0.623. The minimum Gasteiger partial charge on any atom is -0.493 e. The lowest BCUT2D eigenvalue weighted by Gasteiger charge is -2.11. The molecule has 4 nitrogen and oxygen atoms in total. The number of hydrogen-bond acceptors (Lipinski definition) is 4. The van der Waals surface area contributed by atoms with Gasteiger partial charge in [-0.25, -0.2) is 0 Å². The van der Waals surface area contributed by atoms with Gasteiger partial charge >= 0.3 is 0 Å². The van der Waals surface area contributed by atoms with Crippen molar-refractivity contribution < 1.29 is 9.47 Å². The molecule has 0 bridgehead atoms.